The normalized spacial score (nSPS) is 17.9. The molecule has 0 fully saturated rings. The molecule has 0 saturated carbocycles. The SMILES string of the molecule is CCOC(=O)C1Oc2ccc(Br)cc2C1=O. The first-order valence-corrected chi connectivity index (χ1v) is 5.60. The van der Waals surface area contributed by atoms with Crippen molar-refractivity contribution in [3.05, 3.63) is 28.2 Å². The van der Waals surface area contributed by atoms with Crippen LogP contribution in [0.15, 0.2) is 22.7 Å². The van der Waals surface area contributed by atoms with Gasteiger partial charge >= 0.3 is 5.97 Å². The van der Waals surface area contributed by atoms with Crippen molar-refractivity contribution in [3.8, 4) is 5.75 Å². The monoisotopic (exact) mass is 284 g/mol. The Morgan fingerprint density at radius 1 is 1.56 bits per heavy atom. The van der Waals surface area contributed by atoms with Crippen LogP contribution in [0.3, 0.4) is 0 Å². The highest BCUT2D eigenvalue weighted by atomic mass is 79.9. The Morgan fingerprint density at radius 3 is 3.00 bits per heavy atom. The lowest BCUT2D eigenvalue weighted by atomic mass is 10.1. The Labute approximate surface area is 101 Å². The third kappa shape index (κ3) is 1.82. The largest absolute Gasteiger partial charge is 0.470 e. The van der Waals surface area contributed by atoms with Crippen LogP contribution >= 0.6 is 15.9 Å². The van der Waals surface area contributed by atoms with E-state index in [0.29, 0.717) is 11.3 Å². The minimum Gasteiger partial charge on any atom is -0.470 e. The number of esters is 1. The molecule has 0 N–H and O–H groups in total. The van der Waals surface area contributed by atoms with Crippen molar-refractivity contribution < 1.29 is 19.1 Å². The third-order valence-corrected chi connectivity index (χ3v) is 2.68. The number of hydrogen-bond donors (Lipinski definition) is 0. The summed E-state index contributed by atoms with van der Waals surface area (Å²) < 4.78 is 10.8. The maximum Gasteiger partial charge on any atom is 0.355 e. The van der Waals surface area contributed by atoms with Crippen LogP contribution in [0.2, 0.25) is 0 Å². The van der Waals surface area contributed by atoms with Gasteiger partial charge in [-0.15, -0.1) is 0 Å². The predicted octanol–water partition coefficient (Wildman–Crippen LogP) is 1.96. The van der Waals surface area contributed by atoms with E-state index in [1.165, 1.54) is 0 Å². The Kier molecular flexibility index (Phi) is 2.96. The summed E-state index contributed by atoms with van der Waals surface area (Å²) in [6.07, 6.45) is -1.15. The number of benzene rings is 1. The van der Waals surface area contributed by atoms with Gasteiger partial charge in [-0.25, -0.2) is 4.79 Å². The molecule has 1 aromatic rings. The van der Waals surface area contributed by atoms with E-state index in [2.05, 4.69) is 15.9 Å². The van der Waals surface area contributed by atoms with Crippen LogP contribution in [0.25, 0.3) is 0 Å². The topological polar surface area (TPSA) is 52.6 Å². The first kappa shape index (κ1) is 11.1. The van der Waals surface area contributed by atoms with Gasteiger partial charge < -0.3 is 9.47 Å². The molecule has 0 radical (unpaired) electrons. The van der Waals surface area contributed by atoms with Crippen LogP contribution in [0, 0.1) is 0 Å². The average Bonchev–Trinajstić information content (AvgIpc) is 2.57. The number of ether oxygens (including phenoxy) is 2. The van der Waals surface area contributed by atoms with Crippen molar-refractivity contribution >= 4 is 27.7 Å². The van der Waals surface area contributed by atoms with Crippen molar-refractivity contribution in [2.75, 3.05) is 6.61 Å². The van der Waals surface area contributed by atoms with Gasteiger partial charge in [0.05, 0.1) is 12.2 Å². The van der Waals surface area contributed by atoms with E-state index in [9.17, 15) is 9.59 Å². The molecule has 0 spiro atoms. The minimum atomic E-state index is -1.15. The van der Waals surface area contributed by atoms with Crippen LogP contribution in [0.5, 0.6) is 5.75 Å². The average molecular weight is 285 g/mol. The number of ketones is 1. The fourth-order valence-electron chi connectivity index (χ4n) is 1.49. The lowest BCUT2D eigenvalue weighted by molar-refractivity contribution is -0.148. The number of fused-ring (bicyclic) bond motifs is 1. The number of halogens is 1. The van der Waals surface area contributed by atoms with Crippen LogP contribution in [-0.4, -0.2) is 24.5 Å². The summed E-state index contributed by atoms with van der Waals surface area (Å²) in [5.41, 5.74) is 0.410. The van der Waals surface area contributed by atoms with Gasteiger partial charge in [-0.1, -0.05) is 15.9 Å². The van der Waals surface area contributed by atoms with Gasteiger partial charge in [0.1, 0.15) is 5.75 Å². The quantitative estimate of drug-likeness (QED) is 0.615. The first-order chi connectivity index (χ1) is 7.63. The fraction of sp³-hybridized carbons (Fsp3) is 0.273. The molecule has 1 unspecified atom stereocenters. The molecule has 0 amide bonds. The maximum atomic E-state index is 11.8. The zero-order valence-corrected chi connectivity index (χ0v) is 10.1. The van der Waals surface area contributed by atoms with Gasteiger partial charge in [-0.2, -0.15) is 0 Å². The van der Waals surface area contributed by atoms with Crippen LogP contribution in [0.1, 0.15) is 17.3 Å². The summed E-state index contributed by atoms with van der Waals surface area (Å²) in [5.74, 6) is -0.569. The van der Waals surface area contributed by atoms with Crippen molar-refractivity contribution in [2.24, 2.45) is 0 Å². The van der Waals surface area contributed by atoms with E-state index >= 15 is 0 Å². The van der Waals surface area contributed by atoms with Crippen LogP contribution < -0.4 is 4.74 Å². The van der Waals surface area contributed by atoms with Gasteiger partial charge in [-0.3, -0.25) is 4.79 Å². The lowest BCUT2D eigenvalue weighted by Crippen LogP contribution is -2.32. The Hall–Kier alpha value is -1.36. The summed E-state index contributed by atoms with van der Waals surface area (Å²) in [7, 11) is 0. The second-order valence-corrected chi connectivity index (χ2v) is 4.17. The smallest absolute Gasteiger partial charge is 0.355 e. The number of Topliss-reactive ketones (excluding diaryl/α,β-unsaturated/α-hetero) is 1. The maximum absolute atomic E-state index is 11.8. The molecular formula is C11H9BrO4. The third-order valence-electron chi connectivity index (χ3n) is 2.19. The Balaban J connectivity index is 2.27. The summed E-state index contributed by atoms with van der Waals surface area (Å²) in [6, 6.07) is 5.03. The molecule has 0 bridgehead atoms. The highest BCUT2D eigenvalue weighted by Crippen LogP contribution is 2.31. The van der Waals surface area contributed by atoms with Gasteiger partial charge in [0.2, 0.25) is 5.78 Å². The molecule has 1 atom stereocenters. The molecule has 0 saturated heterocycles. The first-order valence-electron chi connectivity index (χ1n) is 4.80. The molecule has 16 heavy (non-hydrogen) atoms. The van der Waals surface area contributed by atoms with Gasteiger partial charge in [0, 0.05) is 4.47 Å². The molecule has 2 rings (SSSR count). The number of hydrogen-bond acceptors (Lipinski definition) is 4. The molecule has 1 heterocycles. The van der Waals surface area contributed by atoms with Crippen molar-refractivity contribution in [1.29, 1.82) is 0 Å². The van der Waals surface area contributed by atoms with Gasteiger partial charge in [0.25, 0.3) is 6.10 Å². The van der Waals surface area contributed by atoms with Crippen molar-refractivity contribution in [2.45, 2.75) is 13.0 Å². The summed E-state index contributed by atoms with van der Waals surface area (Å²) >= 11 is 3.26. The fourth-order valence-corrected chi connectivity index (χ4v) is 1.85. The molecule has 0 aromatic heterocycles. The summed E-state index contributed by atoms with van der Waals surface area (Å²) in [4.78, 5) is 23.2. The van der Waals surface area contributed by atoms with Gasteiger partial charge in [-0.05, 0) is 25.1 Å². The second kappa shape index (κ2) is 4.25. The van der Waals surface area contributed by atoms with Crippen molar-refractivity contribution in [1.82, 2.24) is 0 Å². The Bertz CT molecular complexity index is 455. The van der Waals surface area contributed by atoms with E-state index in [0.717, 1.165) is 4.47 Å². The molecule has 1 aliphatic rings. The zero-order chi connectivity index (χ0) is 11.7. The molecule has 1 aliphatic heterocycles. The minimum absolute atomic E-state index is 0.228. The molecule has 4 nitrogen and oxygen atoms in total. The van der Waals surface area contributed by atoms with Crippen LogP contribution in [0.4, 0.5) is 0 Å². The molecule has 0 aliphatic carbocycles. The zero-order valence-electron chi connectivity index (χ0n) is 8.53. The number of carbonyl (C=O) groups is 2. The van der Waals surface area contributed by atoms with E-state index < -0.39 is 12.1 Å². The highest BCUT2D eigenvalue weighted by molar-refractivity contribution is 9.10. The highest BCUT2D eigenvalue weighted by Gasteiger charge is 2.39. The standard InChI is InChI=1S/C11H9BrO4/c1-2-15-11(14)10-9(13)7-5-6(12)3-4-8(7)16-10/h3-5,10H,2H2,1H3. The van der Waals surface area contributed by atoms with Crippen LogP contribution in [-0.2, 0) is 9.53 Å². The molecular weight excluding hydrogens is 276 g/mol. The van der Waals surface area contributed by atoms with Gasteiger partial charge in [0.15, 0.2) is 0 Å². The number of rotatable bonds is 2. The van der Waals surface area contributed by atoms with E-state index in [4.69, 9.17) is 9.47 Å². The number of carbonyl (C=O) groups excluding carboxylic acids is 2. The molecule has 84 valence electrons. The summed E-state index contributed by atoms with van der Waals surface area (Å²) in [5, 5.41) is 0. The van der Waals surface area contributed by atoms with E-state index in [1.54, 1.807) is 25.1 Å². The summed E-state index contributed by atoms with van der Waals surface area (Å²) in [6.45, 7) is 1.91. The molecule has 5 heteroatoms. The van der Waals surface area contributed by atoms with Crippen molar-refractivity contribution in [3.63, 3.8) is 0 Å². The predicted molar refractivity (Wildman–Crippen MR) is 59.5 cm³/mol. The van der Waals surface area contributed by atoms with E-state index in [-0.39, 0.29) is 12.4 Å². The lowest BCUT2D eigenvalue weighted by Gasteiger charge is -2.07. The second-order valence-electron chi connectivity index (χ2n) is 3.25. The molecule has 1 aromatic carbocycles. The Morgan fingerprint density at radius 2 is 2.31 bits per heavy atom. The van der Waals surface area contributed by atoms with E-state index in [1.807, 2.05) is 0 Å².